The van der Waals surface area contributed by atoms with E-state index in [4.69, 9.17) is 15.2 Å². The standard InChI is InChI=1S/C33H33N3O4/c34-31(22-39-20-24-13-5-2-6-14-24)36-32(37)30(19-23-11-3-1-4-12-23)35-33(38)40-21-29-27-17-9-7-15-25(27)26-16-8-10-18-28(26)29/h1-18,29-31H,19-22,34H2,(H,35,38)(H,36,37)/t30-,31+/m0/s1. The van der Waals surface area contributed by atoms with Crippen molar-refractivity contribution in [1.82, 2.24) is 10.6 Å². The Morgan fingerprint density at radius 2 is 1.27 bits per heavy atom. The summed E-state index contributed by atoms with van der Waals surface area (Å²) in [6.45, 7) is 0.672. The van der Waals surface area contributed by atoms with Crippen molar-refractivity contribution in [3.8, 4) is 11.1 Å². The molecule has 7 heteroatoms. The maximum atomic E-state index is 13.2. The summed E-state index contributed by atoms with van der Waals surface area (Å²) < 4.78 is 11.4. The number of nitrogens with one attached hydrogen (secondary N) is 2. The van der Waals surface area contributed by atoms with Crippen molar-refractivity contribution in [1.29, 1.82) is 0 Å². The molecule has 4 aromatic rings. The van der Waals surface area contributed by atoms with E-state index in [1.165, 1.54) is 0 Å². The van der Waals surface area contributed by atoms with Gasteiger partial charge in [0.05, 0.1) is 13.2 Å². The summed E-state index contributed by atoms with van der Waals surface area (Å²) in [6, 6.07) is 34.6. The zero-order valence-corrected chi connectivity index (χ0v) is 22.2. The van der Waals surface area contributed by atoms with Gasteiger partial charge in [-0.1, -0.05) is 109 Å². The van der Waals surface area contributed by atoms with Crippen LogP contribution in [0.2, 0.25) is 0 Å². The Morgan fingerprint density at radius 3 is 1.90 bits per heavy atom. The Balaban J connectivity index is 1.20. The van der Waals surface area contributed by atoms with Gasteiger partial charge in [-0.15, -0.1) is 0 Å². The van der Waals surface area contributed by atoms with Gasteiger partial charge in [0.2, 0.25) is 5.91 Å². The number of carbonyl (C=O) groups excluding carboxylic acids is 2. The highest BCUT2D eigenvalue weighted by Crippen LogP contribution is 2.44. The Labute approximate surface area is 234 Å². The third-order valence-corrected chi connectivity index (χ3v) is 6.97. The average Bonchev–Trinajstić information content (AvgIpc) is 3.30. The quantitative estimate of drug-likeness (QED) is 0.241. The molecule has 0 bridgehead atoms. The highest BCUT2D eigenvalue weighted by atomic mass is 16.5. The van der Waals surface area contributed by atoms with Crippen molar-refractivity contribution in [2.45, 2.75) is 31.2 Å². The molecule has 1 aliphatic carbocycles. The fourth-order valence-electron chi connectivity index (χ4n) is 5.04. The van der Waals surface area contributed by atoms with E-state index in [0.717, 1.165) is 33.4 Å². The Bertz CT molecular complexity index is 1380. The molecule has 1 aliphatic rings. The molecule has 0 unspecified atom stereocenters. The Morgan fingerprint density at radius 1 is 0.725 bits per heavy atom. The van der Waals surface area contributed by atoms with Crippen molar-refractivity contribution >= 4 is 12.0 Å². The predicted molar refractivity (Wildman–Crippen MR) is 154 cm³/mol. The highest BCUT2D eigenvalue weighted by molar-refractivity contribution is 5.86. The Kier molecular flexibility index (Phi) is 8.86. The minimum atomic E-state index is -0.877. The van der Waals surface area contributed by atoms with E-state index >= 15 is 0 Å². The number of fused-ring (bicyclic) bond motifs is 3. The number of alkyl carbamates (subject to hydrolysis) is 1. The van der Waals surface area contributed by atoms with Gasteiger partial charge in [-0.25, -0.2) is 4.79 Å². The number of rotatable bonds is 11. The van der Waals surface area contributed by atoms with Crippen molar-refractivity contribution in [3.05, 3.63) is 131 Å². The van der Waals surface area contributed by atoms with Gasteiger partial charge in [-0.05, 0) is 33.4 Å². The van der Waals surface area contributed by atoms with Gasteiger partial charge in [0.1, 0.15) is 18.8 Å². The van der Waals surface area contributed by atoms with Crippen LogP contribution in [0.15, 0.2) is 109 Å². The molecule has 4 aromatic carbocycles. The molecule has 2 atom stereocenters. The number of benzene rings is 4. The number of hydrogen-bond donors (Lipinski definition) is 3. The molecule has 0 aliphatic heterocycles. The van der Waals surface area contributed by atoms with E-state index in [1.54, 1.807) is 0 Å². The minimum Gasteiger partial charge on any atom is -0.449 e. The first-order valence-electron chi connectivity index (χ1n) is 13.4. The van der Waals surface area contributed by atoms with E-state index < -0.39 is 24.2 Å². The zero-order chi connectivity index (χ0) is 27.7. The van der Waals surface area contributed by atoms with Gasteiger partial charge in [-0.2, -0.15) is 0 Å². The lowest BCUT2D eigenvalue weighted by Crippen LogP contribution is -2.54. The van der Waals surface area contributed by atoms with E-state index in [-0.39, 0.29) is 25.6 Å². The van der Waals surface area contributed by atoms with Gasteiger partial charge >= 0.3 is 6.09 Å². The molecule has 0 aromatic heterocycles. The van der Waals surface area contributed by atoms with Crippen LogP contribution in [0.1, 0.15) is 28.2 Å². The number of ether oxygens (including phenoxy) is 2. The van der Waals surface area contributed by atoms with Crippen molar-refractivity contribution in [2.75, 3.05) is 13.2 Å². The van der Waals surface area contributed by atoms with Gasteiger partial charge in [0, 0.05) is 12.3 Å². The molecular formula is C33H33N3O4. The molecule has 7 nitrogen and oxygen atoms in total. The van der Waals surface area contributed by atoms with Crippen molar-refractivity contribution in [3.63, 3.8) is 0 Å². The summed E-state index contributed by atoms with van der Waals surface area (Å²) in [4.78, 5) is 26.2. The lowest BCUT2D eigenvalue weighted by molar-refractivity contribution is -0.124. The normalized spacial score (nSPS) is 13.5. The van der Waals surface area contributed by atoms with Crippen LogP contribution in [0.3, 0.4) is 0 Å². The fourth-order valence-corrected chi connectivity index (χ4v) is 5.04. The van der Waals surface area contributed by atoms with Crippen molar-refractivity contribution < 1.29 is 19.1 Å². The molecule has 0 fully saturated rings. The van der Waals surface area contributed by atoms with Crippen LogP contribution >= 0.6 is 0 Å². The third-order valence-electron chi connectivity index (χ3n) is 6.97. The van der Waals surface area contributed by atoms with Crippen LogP contribution < -0.4 is 16.4 Å². The number of nitrogens with two attached hydrogens (primary N) is 1. The van der Waals surface area contributed by atoms with Crippen LogP contribution in [0, 0.1) is 0 Å². The fraction of sp³-hybridized carbons (Fsp3) is 0.212. The number of carbonyl (C=O) groups is 2. The first-order valence-corrected chi connectivity index (χ1v) is 13.4. The van der Waals surface area contributed by atoms with E-state index in [0.29, 0.717) is 6.61 Å². The second-order valence-corrected chi connectivity index (χ2v) is 9.83. The van der Waals surface area contributed by atoms with Crippen molar-refractivity contribution in [2.24, 2.45) is 5.73 Å². The smallest absolute Gasteiger partial charge is 0.407 e. The molecule has 40 heavy (non-hydrogen) atoms. The molecule has 0 saturated carbocycles. The number of hydrogen-bond acceptors (Lipinski definition) is 5. The minimum absolute atomic E-state index is 0.0743. The first kappa shape index (κ1) is 27.1. The SMILES string of the molecule is N[C@@H](COCc1ccccc1)NC(=O)[C@H](Cc1ccccc1)NC(=O)OCC1c2ccccc2-c2ccccc21. The lowest BCUT2D eigenvalue weighted by atomic mass is 9.98. The molecular weight excluding hydrogens is 502 g/mol. The third kappa shape index (κ3) is 6.75. The van der Waals surface area contributed by atoms with Crippen LogP contribution in [0.25, 0.3) is 11.1 Å². The lowest BCUT2D eigenvalue weighted by Gasteiger charge is -2.22. The molecule has 204 valence electrons. The second-order valence-electron chi connectivity index (χ2n) is 9.83. The summed E-state index contributed by atoms with van der Waals surface area (Å²) in [5, 5.41) is 5.51. The molecule has 0 saturated heterocycles. The molecule has 2 amide bonds. The molecule has 0 heterocycles. The van der Waals surface area contributed by atoms with Gasteiger partial charge < -0.3 is 25.8 Å². The zero-order valence-electron chi connectivity index (χ0n) is 22.2. The van der Waals surface area contributed by atoms with Gasteiger partial charge in [0.25, 0.3) is 0 Å². The van der Waals surface area contributed by atoms with Gasteiger partial charge in [-0.3, -0.25) is 4.79 Å². The van der Waals surface area contributed by atoms with Crippen LogP contribution in [0.5, 0.6) is 0 Å². The van der Waals surface area contributed by atoms with Crippen LogP contribution in [-0.2, 0) is 27.3 Å². The van der Waals surface area contributed by atoms with E-state index in [2.05, 4.69) is 34.9 Å². The highest BCUT2D eigenvalue weighted by Gasteiger charge is 2.30. The van der Waals surface area contributed by atoms with E-state index in [9.17, 15) is 9.59 Å². The molecule has 5 rings (SSSR count). The summed E-state index contributed by atoms with van der Waals surface area (Å²) in [5.74, 6) is -0.483. The maximum absolute atomic E-state index is 13.2. The summed E-state index contributed by atoms with van der Waals surface area (Å²) >= 11 is 0. The maximum Gasteiger partial charge on any atom is 0.407 e. The average molecular weight is 536 g/mol. The topological polar surface area (TPSA) is 103 Å². The monoisotopic (exact) mass is 535 g/mol. The summed E-state index contributed by atoms with van der Waals surface area (Å²) in [7, 11) is 0. The number of amides is 2. The second kappa shape index (κ2) is 13.1. The molecule has 0 radical (unpaired) electrons. The summed E-state index contributed by atoms with van der Waals surface area (Å²) in [5.41, 5.74) is 12.6. The van der Waals surface area contributed by atoms with E-state index in [1.807, 2.05) is 84.9 Å². The van der Waals surface area contributed by atoms with Crippen LogP contribution in [0.4, 0.5) is 4.79 Å². The predicted octanol–water partition coefficient (Wildman–Crippen LogP) is 4.75. The largest absolute Gasteiger partial charge is 0.449 e. The van der Waals surface area contributed by atoms with Gasteiger partial charge in [0.15, 0.2) is 0 Å². The molecule has 4 N–H and O–H groups in total. The summed E-state index contributed by atoms with van der Waals surface area (Å²) in [6.07, 6.45) is -1.11. The molecule has 0 spiro atoms. The van der Waals surface area contributed by atoms with Crippen LogP contribution in [-0.4, -0.2) is 37.4 Å². The Hall–Kier alpha value is -4.46. The first-order chi connectivity index (χ1) is 19.6.